The average molecular weight is 222 g/mol. The van der Waals surface area contributed by atoms with Gasteiger partial charge in [0.1, 0.15) is 9.84 Å². The number of amides is 1. The van der Waals surface area contributed by atoms with E-state index in [1.165, 1.54) is 0 Å². The van der Waals surface area contributed by atoms with Crippen LogP contribution in [0.3, 0.4) is 0 Å². The monoisotopic (exact) mass is 222 g/mol. The Balaban J connectivity index is 3.95. The summed E-state index contributed by atoms with van der Waals surface area (Å²) >= 11 is 0. The summed E-state index contributed by atoms with van der Waals surface area (Å²) in [7, 11) is -3.04. The Labute approximate surface area is 85.0 Å². The van der Waals surface area contributed by atoms with Crippen molar-refractivity contribution < 1.29 is 13.2 Å². The van der Waals surface area contributed by atoms with Gasteiger partial charge in [0.05, 0.1) is 5.75 Å². The van der Waals surface area contributed by atoms with Gasteiger partial charge < -0.3 is 11.1 Å². The van der Waals surface area contributed by atoms with E-state index in [9.17, 15) is 13.2 Å². The van der Waals surface area contributed by atoms with Gasteiger partial charge in [-0.05, 0) is 13.8 Å². The van der Waals surface area contributed by atoms with Gasteiger partial charge in [-0.2, -0.15) is 0 Å². The fourth-order valence-corrected chi connectivity index (χ4v) is 2.11. The third-order valence-electron chi connectivity index (χ3n) is 1.47. The fraction of sp³-hybridized carbons (Fsp3) is 0.875. The molecule has 84 valence electrons. The van der Waals surface area contributed by atoms with Crippen molar-refractivity contribution in [1.29, 1.82) is 0 Å². The van der Waals surface area contributed by atoms with E-state index < -0.39 is 9.84 Å². The van der Waals surface area contributed by atoms with Gasteiger partial charge in [0.15, 0.2) is 0 Å². The highest BCUT2D eigenvalue weighted by molar-refractivity contribution is 7.90. The van der Waals surface area contributed by atoms with Crippen LogP contribution in [0.25, 0.3) is 0 Å². The molecule has 0 saturated heterocycles. The van der Waals surface area contributed by atoms with E-state index in [0.717, 1.165) is 6.26 Å². The molecule has 0 fully saturated rings. The number of carbonyl (C=O) groups excluding carboxylic acids is 1. The maximum absolute atomic E-state index is 11.2. The minimum Gasteiger partial charge on any atom is -0.353 e. The van der Waals surface area contributed by atoms with Gasteiger partial charge >= 0.3 is 0 Å². The van der Waals surface area contributed by atoms with Crippen molar-refractivity contribution in [3.63, 3.8) is 0 Å². The highest BCUT2D eigenvalue weighted by Gasteiger charge is 2.13. The second-order valence-corrected chi connectivity index (χ2v) is 5.93. The summed E-state index contributed by atoms with van der Waals surface area (Å²) < 4.78 is 21.7. The molecular formula is C8H18N2O3S. The number of hydrogen-bond acceptors (Lipinski definition) is 4. The molecule has 0 aliphatic heterocycles. The first-order valence-electron chi connectivity index (χ1n) is 4.43. The zero-order chi connectivity index (χ0) is 11.4. The highest BCUT2D eigenvalue weighted by Crippen LogP contribution is 1.92. The molecule has 5 nitrogen and oxygen atoms in total. The molecule has 0 aromatic rings. The van der Waals surface area contributed by atoms with Crippen LogP contribution in [0, 0.1) is 0 Å². The molecule has 0 radical (unpaired) electrons. The highest BCUT2D eigenvalue weighted by atomic mass is 32.2. The Morgan fingerprint density at radius 2 is 1.93 bits per heavy atom. The Kier molecular flexibility index (Phi) is 5.07. The minimum atomic E-state index is -3.04. The minimum absolute atomic E-state index is 0.0440. The van der Waals surface area contributed by atoms with Gasteiger partial charge in [0.25, 0.3) is 0 Å². The molecule has 1 amide bonds. The number of sulfone groups is 1. The molecule has 0 heterocycles. The molecule has 2 atom stereocenters. The van der Waals surface area contributed by atoms with Gasteiger partial charge in [0, 0.05) is 24.8 Å². The van der Waals surface area contributed by atoms with Crippen molar-refractivity contribution in [2.75, 3.05) is 12.0 Å². The first kappa shape index (κ1) is 13.4. The smallest absolute Gasteiger partial charge is 0.221 e. The van der Waals surface area contributed by atoms with Crippen molar-refractivity contribution in [2.45, 2.75) is 32.4 Å². The summed E-state index contributed by atoms with van der Waals surface area (Å²) in [6, 6.07) is -0.573. The van der Waals surface area contributed by atoms with Crippen molar-refractivity contribution in [3.8, 4) is 0 Å². The van der Waals surface area contributed by atoms with E-state index in [1.54, 1.807) is 13.8 Å². The first-order chi connectivity index (χ1) is 6.20. The maximum atomic E-state index is 11.2. The van der Waals surface area contributed by atoms with Gasteiger partial charge in [-0.3, -0.25) is 4.79 Å². The predicted octanol–water partition coefficient (Wildman–Crippen LogP) is -0.727. The molecule has 6 heteroatoms. The number of rotatable bonds is 5. The average Bonchev–Trinajstić information content (AvgIpc) is 1.77. The third kappa shape index (κ3) is 8.00. The van der Waals surface area contributed by atoms with Crippen LogP contribution in [-0.2, 0) is 14.6 Å². The third-order valence-corrected chi connectivity index (χ3v) is 2.57. The topological polar surface area (TPSA) is 89.3 Å². The number of nitrogens with one attached hydrogen (secondary N) is 1. The molecule has 0 bridgehead atoms. The van der Waals surface area contributed by atoms with Crippen LogP contribution < -0.4 is 11.1 Å². The normalized spacial score (nSPS) is 16.0. The largest absolute Gasteiger partial charge is 0.353 e. The van der Waals surface area contributed by atoms with Crippen molar-refractivity contribution in [2.24, 2.45) is 5.73 Å². The Morgan fingerprint density at radius 1 is 1.43 bits per heavy atom. The van der Waals surface area contributed by atoms with Gasteiger partial charge in [0.2, 0.25) is 5.91 Å². The lowest BCUT2D eigenvalue weighted by atomic mass is 10.2. The van der Waals surface area contributed by atoms with E-state index in [1.807, 2.05) is 0 Å². The van der Waals surface area contributed by atoms with E-state index in [0.29, 0.717) is 0 Å². The lowest BCUT2D eigenvalue weighted by Gasteiger charge is -2.13. The van der Waals surface area contributed by atoms with Crippen molar-refractivity contribution in [3.05, 3.63) is 0 Å². The molecule has 0 rings (SSSR count). The van der Waals surface area contributed by atoms with Crippen molar-refractivity contribution >= 4 is 15.7 Å². The van der Waals surface area contributed by atoms with Gasteiger partial charge in [-0.25, -0.2) is 8.42 Å². The standard InChI is InChI=1S/C8H18N2O3S/c1-6(9)4-8(11)10-7(2)5-14(3,12)13/h6-7H,4-5,9H2,1-3H3,(H,10,11). The summed E-state index contributed by atoms with van der Waals surface area (Å²) in [5.41, 5.74) is 5.42. The van der Waals surface area contributed by atoms with E-state index in [-0.39, 0.29) is 30.2 Å². The van der Waals surface area contributed by atoms with E-state index >= 15 is 0 Å². The maximum Gasteiger partial charge on any atom is 0.221 e. The Hall–Kier alpha value is -0.620. The van der Waals surface area contributed by atoms with E-state index in [4.69, 9.17) is 5.73 Å². The summed E-state index contributed by atoms with van der Waals surface area (Å²) in [5, 5.41) is 2.57. The Bertz CT molecular complexity index is 285. The zero-order valence-electron chi connectivity index (χ0n) is 8.78. The number of hydrogen-bond donors (Lipinski definition) is 2. The van der Waals surface area contributed by atoms with Crippen LogP contribution >= 0.6 is 0 Å². The van der Waals surface area contributed by atoms with Crippen LogP contribution in [0.15, 0.2) is 0 Å². The quantitative estimate of drug-likeness (QED) is 0.642. The molecule has 0 aromatic heterocycles. The number of nitrogens with two attached hydrogens (primary N) is 1. The predicted molar refractivity (Wildman–Crippen MR) is 55.6 cm³/mol. The fourth-order valence-electron chi connectivity index (χ4n) is 1.12. The Morgan fingerprint density at radius 3 is 2.29 bits per heavy atom. The lowest BCUT2D eigenvalue weighted by molar-refractivity contribution is -0.121. The molecule has 0 saturated carbocycles. The molecule has 2 unspecified atom stereocenters. The molecule has 3 N–H and O–H groups in total. The molecule has 0 spiro atoms. The van der Waals surface area contributed by atoms with Gasteiger partial charge in [-0.1, -0.05) is 0 Å². The number of carbonyl (C=O) groups is 1. The van der Waals surface area contributed by atoms with Crippen LogP contribution in [0.1, 0.15) is 20.3 Å². The summed E-state index contributed by atoms with van der Waals surface area (Å²) in [6.45, 7) is 3.38. The molecule has 0 aromatic carbocycles. The van der Waals surface area contributed by atoms with Crippen LogP contribution in [0.5, 0.6) is 0 Å². The molecular weight excluding hydrogens is 204 g/mol. The van der Waals surface area contributed by atoms with E-state index in [2.05, 4.69) is 5.32 Å². The molecule has 14 heavy (non-hydrogen) atoms. The summed E-state index contributed by atoms with van der Waals surface area (Å²) in [6.07, 6.45) is 1.36. The van der Waals surface area contributed by atoms with Crippen LogP contribution in [0.4, 0.5) is 0 Å². The molecule has 0 aliphatic carbocycles. The lowest BCUT2D eigenvalue weighted by Crippen LogP contribution is -2.39. The second-order valence-electron chi connectivity index (χ2n) is 3.74. The summed E-state index contributed by atoms with van der Waals surface area (Å²) in [4.78, 5) is 11.2. The SMILES string of the molecule is CC(N)CC(=O)NC(C)CS(C)(=O)=O. The van der Waals surface area contributed by atoms with Gasteiger partial charge in [-0.15, -0.1) is 0 Å². The van der Waals surface area contributed by atoms with Crippen LogP contribution in [0.2, 0.25) is 0 Å². The summed E-state index contributed by atoms with van der Waals surface area (Å²) in [5.74, 6) is -0.256. The van der Waals surface area contributed by atoms with Crippen molar-refractivity contribution in [1.82, 2.24) is 5.32 Å². The second kappa shape index (κ2) is 5.31. The molecule has 0 aliphatic rings. The van der Waals surface area contributed by atoms with Crippen LogP contribution in [-0.4, -0.2) is 38.4 Å². The zero-order valence-corrected chi connectivity index (χ0v) is 9.60. The first-order valence-corrected chi connectivity index (χ1v) is 6.49.